The summed E-state index contributed by atoms with van der Waals surface area (Å²) in [6, 6.07) is 0. The van der Waals surface area contributed by atoms with E-state index >= 15 is 0 Å². The summed E-state index contributed by atoms with van der Waals surface area (Å²) in [5, 5.41) is 3.31. The lowest BCUT2D eigenvalue weighted by Gasteiger charge is -2.21. The van der Waals surface area contributed by atoms with Crippen LogP contribution in [-0.4, -0.2) is 35.5 Å². The molecule has 8 heteroatoms. The van der Waals surface area contributed by atoms with Crippen LogP contribution in [0.3, 0.4) is 0 Å². The Bertz CT molecular complexity index is 416. The molecule has 0 saturated heterocycles. The molecule has 0 saturated carbocycles. The molecule has 0 radical (unpaired) electrons. The summed E-state index contributed by atoms with van der Waals surface area (Å²) in [5.74, 6) is -1.14. The summed E-state index contributed by atoms with van der Waals surface area (Å²) in [6.07, 6.45) is -0.612. The molecule has 106 valence electrons. The van der Waals surface area contributed by atoms with Gasteiger partial charge in [-0.15, -0.1) is 0 Å². The van der Waals surface area contributed by atoms with Gasteiger partial charge in [0.2, 0.25) is 0 Å². The molecule has 0 rings (SSSR count). The number of hydrogen-bond donors (Lipinski definition) is 0. The second-order valence-electron chi connectivity index (χ2n) is 4.18. The molecule has 0 N–H and O–H groups in total. The number of carbonyl (C=O) groups excluding carboxylic acids is 2. The molecule has 2 unspecified atom stereocenters. The number of rotatable bonds is 7. The largest absolute Gasteiger partial charge is 0.458 e. The van der Waals surface area contributed by atoms with Crippen LogP contribution in [0.5, 0.6) is 0 Å². The fraction of sp³-hybridized carbons (Fsp3) is 0.636. The predicted molar refractivity (Wildman–Crippen MR) is 72.7 cm³/mol. The van der Waals surface area contributed by atoms with Gasteiger partial charge in [0.15, 0.2) is 0 Å². The van der Waals surface area contributed by atoms with Crippen molar-refractivity contribution >= 4 is 27.9 Å². The van der Waals surface area contributed by atoms with Crippen molar-refractivity contribution in [3.8, 4) is 0 Å². The second kappa shape index (κ2) is 7.81. The minimum Gasteiger partial charge on any atom is -0.458 e. The van der Waals surface area contributed by atoms with Gasteiger partial charge in [-0.1, -0.05) is 27.6 Å². The van der Waals surface area contributed by atoms with Crippen molar-refractivity contribution in [2.24, 2.45) is 5.11 Å². The zero-order chi connectivity index (χ0) is 15.1. The van der Waals surface area contributed by atoms with Crippen LogP contribution in [-0.2, 0) is 19.1 Å². The van der Waals surface area contributed by atoms with Gasteiger partial charge in [0.25, 0.3) is 0 Å². The first-order chi connectivity index (χ1) is 8.70. The Kier molecular flexibility index (Phi) is 7.18. The summed E-state index contributed by atoms with van der Waals surface area (Å²) < 4.78 is 8.81. The van der Waals surface area contributed by atoms with Crippen LogP contribution in [0.2, 0.25) is 0 Å². The van der Waals surface area contributed by atoms with E-state index in [2.05, 4.69) is 32.5 Å². The maximum Gasteiger partial charge on any atom is 0.333 e. The number of carbonyl (C=O) groups is 2. The summed E-state index contributed by atoms with van der Waals surface area (Å²) in [7, 11) is 0. The molecule has 0 aliphatic heterocycles. The van der Waals surface area contributed by atoms with Gasteiger partial charge in [0, 0.05) is 10.5 Å². The van der Waals surface area contributed by atoms with Crippen LogP contribution in [0, 0.1) is 0 Å². The summed E-state index contributed by atoms with van der Waals surface area (Å²) in [5.41, 5.74) is 8.48. The first-order valence-electron chi connectivity index (χ1n) is 5.44. The van der Waals surface area contributed by atoms with Crippen LogP contribution >= 0.6 is 15.9 Å². The maximum atomic E-state index is 11.7. The number of azide groups is 1. The van der Waals surface area contributed by atoms with Gasteiger partial charge in [-0.2, -0.15) is 0 Å². The van der Waals surface area contributed by atoms with Gasteiger partial charge in [-0.3, -0.25) is 4.79 Å². The fourth-order valence-corrected chi connectivity index (χ4v) is 1.09. The molecule has 19 heavy (non-hydrogen) atoms. The molecule has 0 bridgehead atoms. The van der Waals surface area contributed by atoms with E-state index in [9.17, 15) is 9.59 Å². The zero-order valence-corrected chi connectivity index (χ0v) is 12.6. The smallest absolute Gasteiger partial charge is 0.333 e. The third-order valence-electron chi connectivity index (χ3n) is 1.96. The van der Waals surface area contributed by atoms with Crippen molar-refractivity contribution < 1.29 is 19.1 Å². The highest BCUT2D eigenvalue weighted by molar-refractivity contribution is 9.10. The van der Waals surface area contributed by atoms with Crippen LogP contribution < -0.4 is 0 Å². The molecule has 0 amide bonds. The Morgan fingerprint density at radius 3 is 2.63 bits per heavy atom. The zero-order valence-electron chi connectivity index (χ0n) is 11.1. The summed E-state index contributed by atoms with van der Waals surface area (Å²) in [6.45, 7) is 7.91. The van der Waals surface area contributed by atoms with E-state index in [0.717, 1.165) is 0 Å². The third kappa shape index (κ3) is 6.83. The van der Waals surface area contributed by atoms with E-state index in [1.54, 1.807) is 6.92 Å². The molecule has 0 spiro atoms. The van der Waals surface area contributed by atoms with E-state index in [0.29, 0.717) is 0 Å². The summed E-state index contributed by atoms with van der Waals surface area (Å²) in [4.78, 5) is 25.5. The molecule has 0 fully saturated rings. The average molecular weight is 334 g/mol. The minimum absolute atomic E-state index is 0.0674. The van der Waals surface area contributed by atoms with Crippen LogP contribution in [0.15, 0.2) is 17.3 Å². The van der Waals surface area contributed by atoms with Crippen molar-refractivity contribution in [3.63, 3.8) is 0 Å². The predicted octanol–water partition coefficient (Wildman–Crippen LogP) is 2.50. The van der Waals surface area contributed by atoms with E-state index in [1.165, 1.54) is 13.8 Å². The Hall–Kier alpha value is -1.53. The van der Waals surface area contributed by atoms with Gasteiger partial charge in [0.05, 0.1) is 6.54 Å². The molecule has 2 atom stereocenters. The number of hydrogen-bond acceptors (Lipinski definition) is 5. The standard InChI is InChI=1S/C11H16BrN3O4/c1-7(2)9(16)18-5-8(3)19-10(17)11(4,12)6-14-15-13/h8H,1,5-6H2,2-4H3. The monoisotopic (exact) mass is 333 g/mol. The number of ether oxygens (including phenoxy) is 2. The topological polar surface area (TPSA) is 101 Å². The van der Waals surface area contributed by atoms with Crippen molar-refractivity contribution in [2.45, 2.75) is 31.2 Å². The van der Waals surface area contributed by atoms with Gasteiger partial charge < -0.3 is 9.47 Å². The molecular formula is C11H16BrN3O4. The minimum atomic E-state index is -1.11. The highest BCUT2D eigenvalue weighted by atomic mass is 79.9. The number of halogens is 1. The lowest BCUT2D eigenvalue weighted by atomic mass is 10.2. The molecule has 0 aliphatic rings. The van der Waals surface area contributed by atoms with E-state index in [1.807, 2.05) is 0 Å². The van der Waals surface area contributed by atoms with Gasteiger partial charge in [-0.25, -0.2) is 4.79 Å². The Labute approximate surface area is 119 Å². The Morgan fingerprint density at radius 1 is 1.58 bits per heavy atom. The number of alkyl halides is 1. The highest BCUT2D eigenvalue weighted by Crippen LogP contribution is 2.20. The van der Waals surface area contributed by atoms with E-state index < -0.39 is 22.4 Å². The van der Waals surface area contributed by atoms with Crippen molar-refractivity contribution in [3.05, 3.63) is 22.6 Å². The molecule has 0 aromatic heterocycles. The first kappa shape index (κ1) is 17.5. The van der Waals surface area contributed by atoms with E-state index in [-0.39, 0.29) is 18.7 Å². The number of esters is 2. The molecule has 0 aliphatic carbocycles. The molecular weight excluding hydrogens is 318 g/mol. The Balaban J connectivity index is 4.29. The SMILES string of the molecule is C=C(C)C(=O)OCC(C)OC(=O)C(C)(Br)CN=[N+]=[N-]. The molecule has 0 aromatic carbocycles. The average Bonchev–Trinajstić information content (AvgIpc) is 2.33. The van der Waals surface area contributed by atoms with Gasteiger partial charge in [-0.05, 0) is 26.3 Å². The van der Waals surface area contributed by atoms with Crippen molar-refractivity contribution in [2.75, 3.05) is 13.2 Å². The van der Waals surface area contributed by atoms with Gasteiger partial charge >= 0.3 is 11.9 Å². The molecule has 0 heterocycles. The van der Waals surface area contributed by atoms with E-state index in [4.69, 9.17) is 15.0 Å². The maximum absolute atomic E-state index is 11.7. The highest BCUT2D eigenvalue weighted by Gasteiger charge is 2.32. The van der Waals surface area contributed by atoms with Crippen LogP contribution in [0.1, 0.15) is 20.8 Å². The quantitative estimate of drug-likeness (QED) is 0.178. The van der Waals surface area contributed by atoms with Crippen molar-refractivity contribution in [1.82, 2.24) is 0 Å². The Morgan fingerprint density at radius 2 is 2.16 bits per heavy atom. The van der Waals surface area contributed by atoms with Gasteiger partial charge in [0.1, 0.15) is 17.0 Å². The second-order valence-corrected chi connectivity index (χ2v) is 5.93. The normalized spacial score (nSPS) is 14.5. The molecule has 7 nitrogen and oxygen atoms in total. The van der Waals surface area contributed by atoms with Crippen LogP contribution in [0.25, 0.3) is 10.4 Å². The fourth-order valence-electron chi connectivity index (χ4n) is 0.885. The van der Waals surface area contributed by atoms with Crippen molar-refractivity contribution in [1.29, 1.82) is 0 Å². The third-order valence-corrected chi connectivity index (χ3v) is 2.54. The lowest BCUT2D eigenvalue weighted by Crippen LogP contribution is -2.36. The lowest BCUT2D eigenvalue weighted by molar-refractivity contribution is -0.157. The molecule has 0 aromatic rings. The number of nitrogens with zero attached hydrogens (tertiary/aromatic N) is 3. The summed E-state index contributed by atoms with van der Waals surface area (Å²) >= 11 is 3.12. The van der Waals surface area contributed by atoms with Crippen LogP contribution in [0.4, 0.5) is 0 Å². The first-order valence-corrected chi connectivity index (χ1v) is 6.23.